The normalized spacial score (nSPS) is 17.2. The number of carbonyl (C=O) groups excluding carboxylic acids is 1. The molecule has 29 heavy (non-hydrogen) atoms. The zero-order valence-electron chi connectivity index (χ0n) is 15.4. The second-order valence-electron chi connectivity index (χ2n) is 6.84. The van der Waals surface area contributed by atoms with Crippen molar-refractivity contribution in [3.8, 4) is 0 Å². The summed E-state index contributed by atoms with van der Waals surface area (Å²) >= 11 is 0. The van der Waals surface area contributed by atoms with Gasteiger partial charge in [0.25, 0.3) is 5.91 Å². The second kappa shape index (κ2) is 7.73. The lowest BCUT2D eigenvalue weighted by molar-refractivity contribution is -0.249. The van der Waals surface area contributed by atoms with Crippen LogP contribution in [0.25, 0.3) is 6.08 Å². The minimum absolute atomic E-state index is 0.264. The predicted octanol–water partition coefficient (Wildman–Crippen LogP) is 2.97. The lowest BCUT2D eigenvalue weighted by Crippen LogP contribution is -2.51. The van der Waals surface area contributed by atoms with Crippen LogP contribution in [0.5, 0.6) is 0 Å². The Labute approximate surface area is 162 Å². The Bertz CT molecular complexity index is 799. The first kappa shape index (κ1) is 22.8. The average molecular weight is 426 g/mol. The molecule has 2 rings (SSSR count). The van der Waals surface area contributed by atoms with Crippen LogP contribution in [-0.4, -0.2) is 47.4 Å². The van der Waals surface area contributed by atoms with Gasteiger partial charge in [-0.05, 0) is 19.8 Å². The fraction of sp³-hybridized carbons (Fsp3) is 0.529. The molecule has 1 atom stereocenters. The molecule has 0 radical (unpaired) electrons. The number of nitrogens with one attached hydrogen (secondary N) is 1. The minimum Gasteiger partial charge on any atom is -0.396 e. The monoisotopic (exact) mass is 426 g/mol. The number of amides is 1. The van der Waals surface area contributed by atoms with E-state index in [0.29, 0.717) is 19.8 Å². The van der Waals surface area contributed by atoms with Crippen molar-refractivity contribution in [3.05, 3.63) is 23.4 Å². The first-order chi connectivity index (χ1) is 13.2. The summed E-state index contributed by atoms with van der Waals surface area (Å²) in [4.78, 5) is 17.5. The number of nitrogens with two attached hydrogens (primary N) is 1. The van der Waals surface area contributed by atoms with Crippen LogP contribution in [0.4, 0.5) is 37.8 Å². The summed E-state index contributed by atoms with van der Waals surface area (Å²) in [6, 6.07) is 0. The molecule has 1 fully saturated rings. The maximum atomic E-state index is 13.7. The van der Waals surface area contributed by atoms with E-state index in [1.165, 1.54) is 4.90 Å². The van der Waals surface area contributed by atoms with Crippen molar-refractivity contribution in [1.82, 2.24) is 10.3 Å². The third-order valence-corrected chi connectivity index (χ3v) is 4.57. The number of anilines is 2. The number of alkyl halides is 6. The van der Waals surface area contributed by atoms with Crippen molar-refractivity contribution in [2.75, 3.05) is 30.3 Å². The van der Waals surface area contributed by atoms with Gasteiger partial charge in [0.1, 0.15) is 11.4 Å². The third-order valence-electron chi connectivity index (χ3n) is 4.57. The lowest BCUT2D eigenvalue weighted by atomic mass is 10.0. The average Bonchev–Trinajstić information content (AvgIpc) is 3.11. The van der Waals surface area contributed by atoms with Crippen LogP contribution in [0.3, 0.4) is 0 Å². The summed E-state index contributed by atoms with van der Waals surface area (Å²) in [5.41, 5.74) is -0.644. The lowest BCUT2D eigenvalue weighted by Gasteiger charge is -2.27. The predicted molar refractivity (Wildman–Crippen MR) is 94.2 cm³/mol. The van der Waals surface area contributed by atoms with E-state index in [9.17, 15) is 36.2 Å². The Morgan fingerprint density at radius 2 is 1.83 bits per heavy atom. The molecule has 6 nitrogen and oxygen atoms in total. The Morgan fingerprint density at radius 1 is 1.28 bits per heavy atom. The van der Waals surface area contributed by atoms with Gasteiger partial charge in [-0.25, -0.2) is 4.98 Å². The molecule has 0 bridgehead atoms. The SMILES string of the molecule is C=Cc1c(N)c(C(=O)NCC(C)(O)C(F)(F)F)nc(N2CCCC2)c1C(F)(F)F. The summed E-state index contributed by atoms with van der Waals surface area (Å²) in [7, 11) is 0. The van der Waals surface area contributed by atoms with Gasteiger partial charge in [-0.2, -0.15) is 26.3 Å². The molecule has 4 N–H and O–H groups in total. The van der Waals surface area contributed by atoms with Crippen LogP contribution in [0, 0.1) is 0 Å². The van der Waals surface area contributed by atoms with Gasteiger partial charge in [-0.15, -0.1) is 0 Å². The summed E-state index contributed by atoms with van der Waals surface area (Å²) in [5, 5.41) is 11.3. The van der Waals surface area contributed by atoms with Gasteiger partial charge in [0.15, 0.2) is 11.3 Å². The standard InChI is InChI=1S/C17H20F6N4O2/c1-3-9-10(16(18,19)20)13(27-6-4-5-7-27)26-12(11(9)24)14(28)25-8-15(2,29)17(21,22)23/h3,29H,1,4-8,24H2,2H3,(H,25,28). The van der Waals surface area contributed by atoms with Gasteiger partial charge < -0.3 is 21.1 Å². The van der Waals surface area contributed by atoms with Crippen LogP contribution in [0.2, 0.25) is 0 Å². The largest absolute Gasteiger partial charge is 0.420 e. The van der Waals surface area contributed by atoms with Gasteiger partial charge in [0, 0.05) is 18.7 Å². The van der Waals surface area contributed by atoms with Crippen molar-refractivity contribution in [3.63, 3.8) is 0 Å². The highest BCUT2D eigenvalue weighted by Crippen LogP contribution is 2.42. The number of hydrogen-bond acceptors (Lipinski definition) is 5. The molecule has 1 amide bonds. The smallest absolute Gasteiger partial charge is 0.396 e. The van der Waals surface area contributed by atoms with Crippen LogP contribution >= 0.6 is 0 Å². The van der Waals surface area contributed by atoms with E-state index in [2.05, 4.69) is 11.6 Å². The molecule has 1 saturated heterocycles. The summed E-state index contributed by atoms with van der Waals surface area (Å²) in [5.74, 6) is -1.78. The number of nitrogens with zero attached hydrogens (tertiary/aromatic N) is 2. The first-order valence-electron chi connectivity index (χ1n) is 8.56. The zero-order chi connectivity index (χ0) is 22.2. The molecule has 0 aromatic carbocycles. The van der Waals surface area contributed by atoms with E-state index in [1.54, 1.807) is 0 Å². The quantitative estimate of drug-likeness (QED) is 0.630. The molecule has 12 heteroatoms. The fourth-order valence-electron chi connectivity index (χ4n) is 2.86. The first-order valence-corrected chi connectivity index (χ1v) is 8.56. The van der Waals surface area contributed by atoms with E-state index in [-0.39, 0.29) is 13.1 Å². The van der Waals surface area contributed by atoms with Gasteiger partial charge in [-0.3, -0.25) is 4.79 Å². The highest BCUT2D eigenvalue weighted by Gasteiger charge is 2.50. The van der Waals surface area contributed by atoms with Gasteiger partial charge >= 0.3 is 12.4 Å². The highest BCUT2D eigenvalue weighted by atomic mass is 19.4. The fourth-order valence-corrected chi connectivity index (χ4v) is 2.86. The highest BCUT2D eigenvalue weighted by molar-refractivity contribution is 6.00. The molecular weight excluding hydrogens is 406 g/mol. The molecule has 1 aromatic heterocycles. The molecule has 162 valence electrons. The summed E-state index contributed by atoms with van der Waals surface area (Å²) < 4.78 is 79.3. The molecule has 0 aliphatic carbocycles. The number of aliphatic hydroxyl groups is 1. The van der Waals surface area contributed by atoms with Crippen LogP contribution in [0.15, 0.2) is 6.58 Å². The Morgan fingerprint density at radius 3 is 2.28 bits per heavy atom. The van der Waals surface area contributed by atoms with Crippen molar-refractivity contribution >= 4 is 23.5 Å². The topological polar surface area (TPSA) is 91.5 Å². The van der Waals surface area contributed by atoms with Crippen LogP contribution < -0.4 is 16.0 Å². The van der Waals surface area contributed by atoms with Crippen molar-refractivity contribution in [2.24, 2.45) is 0 Å². The van der Waals surface area contributed by atoms with Crippen LogP contribution in [-0.2, 0) is 6.18 Å². The number of carbonyl (C=O) groups is 1. The van der Waals surface area contributed by atoms with E-state index in [4.69, 9.17) is 5.73 Å². The Balaban J connectivity index is 2.51. The zero-order valence-corrected chi connectivity index (χ0v) is 15.4. The molecule has 1 unspecified atom stereocenters. The minimum atomic E-state index is -5.04. The number of nitrogen functional groups attached to an aromatic ring is 1. The summed E-state index contributed by atoms with van der Waals surface area (Å²) in [6.45, 7) is 3.04. The van der Waals surface area contributed by atoms with E-state index in [0.717, 1.165) is 6.08 Å². The van der Waals surface area contributed by atoms with Crippen LogP contribution in [0.1, 0.15) is 41.4 Å². The van der Waals surface area contributed by atoms with Crippen molar-refractivity contribution in [1.29, 1.82) is 0 Å². The molecule has 1 aromatic rings. The number of halogens is 6. The van der Waals surface area contributed by atoms with E-state index < -0.39 is 58.7 Å². The van der Waals surface area contributed by atoms with E-state index >= 15 is 0 Å². The molecule has 1 aliphatic rings. The molecule has 0 spiro atoms. The molecule has 0 saturated carbocycles. The van der Waals surface area contributed by atoms with Gasteiger partial charge in [0.2, 0.25) is 0 Å². The second-order valence-corrected chi connectivity index (χ2v) is 6.84. The number of rotatable bonds is 5. The maximum absolute atomic E-state index is 13.7. The van der Waals surface area contributed by atoms with Crippen molar-refractivity contribution < 1.29 is 36.2 Å². The van der Waals surface area contributed by atoms with Gasteiger partial charge in [0.05, 0.1) is 12.2 Å². The molecule has 2 heterocycles. The molecule has 1 aliphatic heterocycles. The maximum Gasteiger partial charge on any atom is 0.420 e. The van der Waals surface area contributed by atoms with Crippen molar-refractivity contribution in [2.45, 2.75) is 37.7 Å². The number of hydrogen-bond donors (Lipinski definition) is 3. The van der Waals surface area contributed by atoms with E-state index in [1.807, 2.05) is 5.32 Å². The third kappa shape index (κ3) is 4.57. The Hall–Kier alpha value is -2.50. The number of pyridine rings is 1. The van der Waals surface area contributed by atoms with Gasteiger partial charge in [-0.1, -0.05) is 12.7 Å². The Kier molecular flexibility index (Phi) is 6.07. The molecular formula is C17H20F6N4O2. The number of aromatic nitrogens is 1. The summed E-state index contributed by atoms with van der Waals surface area (Å²) in [6.07, 6.45) is -7.84.